The molecule has 3 heteroatoms. The van der Waals surface area contributed by atoms with Crippen molar-refractivity contribution in [2.45, 2.75) is 58.5 Å². The average Bonchev–Trinajstić information content (AvgIpc) is 2.54. The predicted octanol–water partition coefficient (Wildman–Crippen LogP) is 3.59. The molecule has 2 atom stereocenters. The Balaban J connectivity index is 1.69. The molecular weight excluding hydrogens is 274 g/mol. The van der Waals surface area contributed by atoms with Gasteiger partial charge in [-0.25, -0.2) is 0 Å². The van der Waals surface area contributed by atoms with Gasteiger partial charge in [0.1, 0.15) is 5.75 Å². The van der Waals surface area contributed by atoms with Gasteiger partial charge in [0, 0.05) is 13.1 Å². The fourth-order valence-electron chi connectivity index (χ4n) is 3.74. The number of fused-ring (bicyclic) bond motifs is 1. The fourth-order valence-corrected chi connectivity index (χ4v) is 3.74. The van der Waals surface area contributed by atoms with Crippen LogP contribution in [0.2, 0.25) is 0 Å². The molecule has 0 unspecified atom stereocenters. The molecule has 1 heterocycles. The molecule has 0 aromatic heterocycles. The summed E-state index contributed by atoms with van der Waals surface area (Å²) in [4.78, 5) is 14.6. The third-order valence-corrected chi connectivity index (χ3v) is 4.97. The second kappa shape index (κ2) is 6.72. The standard InChI is InChI=1S/C19H27NO2/c1-14-7-6-12-20(13-14)19(21)15(2)22-18-11-5-9-16-8-3-4-10-17(16)18/h5,9,11,14-15H,3-4,6-8,10,12-13H2,1-2H3/t14-,15-/m0/s1. The summed E-state index contributed by atoms with van der Waals surface area (Å²) < 4.78 is 6.07. The highest BCUT2D eigenvalue weighted by molar-refractivity contribution is 5.81. The molecule has 0 bridgehead atoms. The Labute approximate surface area is 133 Å². The highest BCUT2D eigenvalue weighted by atomic mass is 16.5. The SMILES string of the molecule is C[C@H]1CCCN(C(=O)[C@H](C)Oc2cccc3c2CCCC3)C1. The van der Waals surface area contributed by atoms with Crippen LogP contribution in [0.25, 0.3) is 0 Å². The van der Waals surface area contributed by atoms with Crippen molar-refractivity contribution in [2.75, 3.05) is 13.1 Å². The minimum Gasteiger partial charge on any atom is -0.481 e. The summed E-state index contributed by atoms with van der Waals surface area (Å²) in [6.07, 6.45) is 6.64. The summed E-state index contributed by atoms with van der Waals surface area (Å²) in [5.41, 5.74) is 2.72. The minimum absolute atomic E-state index is 0.139. The van der Waals surface area contributed by atoms with Crippen LogP contribution in [-0.4, -0.2) is 30.0 Å². The maximum Gasteiger partial charge on any atom is 0.263 e. The van der Waals surface area contributed by atoms with E-state index in [4.69, 9.17) is 4.74 Å². The number of amides is 1. The third kappa shape index (κ3) is 3.29. The van der Waals surface area contributed by atoms with Crippen LogP contribution in [0.3, 0.4) is 0 Å². The molecule has 1 aliphatic heterocycles. The first-order valence-corrected chi connectivity index (χ1v) is 8.71. The number of piperidine rings is 1. The lowest BCUT2D eigenvalue weighted by Gasteiger charge is -2.33. The number of carbonyl (C=O) groups is 1. The molecule has 1 aromatic carbocycles. The van der Waals surface area contributed by atoms with Crippen LogP contribution in [0.1, 0.15) is 50.7 Å². The number of hydrogen-bond acceptors (Lipinski definition) is 2. The molecule has 1 fully saturated rings. The smallest absolute Gasteiger partial charge is 0.263 e. The fraction of sp³-hybridized carbons (Fsp3) is 0.632. The lowest BCUT2D eigenvalue weighted by atomic mass is 9.91. The average molecular weight is 301 g/mol. The van der Waals surface area contributed by atoms with Gasteiger partial charge in [-0.15, -0.1) is 0 Å². The lowest BCUT2D eigenvalue weighted by Crippen LogP contribution is -2.45. The van der Waals surface area contributed by atoms with E-state index < -0.39 is 6.10 Å². The van der Waals surface area contributed by atoms with Crippen LogP contribution >= 0.6 is 0 Å². The van der Waals surface area contributed by atoms with Gasteiger partial charge in [0.25, 0.3) is 5.91 Å². The zero-order valence-corrected chi connectivity index (χ0v) is 13.8. The predicted molar refractivity (Wildman–Crippen MR) is 88.2 cm³/mol. The van der Waals surface area contributed by atoms with E-state index in [-0.39, 0.29) is 5.91 Å². The molecule has 1 aliphatic carbocycles. The topological polar surface area (TPSA) is 29.5 Å². The third-order valence-electron chi connectivity index (χ3n) is 4.97. The van der Waals surface area contributed by atoms with Crippen LogP contribution in [0, 0.1) is 5.92 Å². The molecule has 22 heavy (non-hydrogen) atoms. The van der Waals surface area contributed by atoms with Gasteiger partial charge in [-0.1, -0.05) is 19.1 Å². The molecular formula is C19H27NO2. The molecule has 1 amide bonds. The van der Waals surface area contributed by atoms with Crippen molar-refractivity contribution in [3.05, 3.63) is 29.3 Å². The van der Waals surface area contributed by atoms with E-state index in [1.165, 1.54) is 30.4 Å². The van der Waals surface area contributed by atoms with Crippen molar-refractivity contribution in [1.82, 2.24) is 4.90 Å². The number of carbonyl (C=O) groups excluding carboxylic acids is 1. The van der Waals surface area contributed by atoms with E-state index >= 15 is 0 Å². The largest absolute Gasteiger partial charge is 0.481 e. The van der Waals surface area contributed by atoms with Crippen molar-refractivity contribution in [2.24, 2.45) is 5.92 Å². The summed E-state index contributed by atoms with van der Waals surface area (Å²) in [5.74, 6) is 1.66. The zero-order chi connectivity index (χ0) is 15.5. The second-order valence-electron chi connectivity index (χ2n) is 6.89. The van der Waals surface area contributed by atoms with E-state index in [2.05, 4.69) is 19.1 Å². The van der Waals surface area contributed by atoms with Gasteiger partial charge in [-0.3, -0.25) is 4.79 Å². The molecule has 2 aliphatic rings. The number of rotatable bonds is 3. The van der Waals surface area contributed by atoms with Gasteiger partial charge in [0.05, 0.1) is 0 Å². The van der Waals surface area contributed by atoms with E-state index in [1.54, 1.807) is 0 Å². The number of benzene rings is 1. The second-order valence-corrected chi connectivity index (χ2v) is 6.89. The Morgan fingerprint density at radius 3 is 2.91 bits per heavy atom. The van der Waals surface area contributed by atoms with Crippen LogP contribution in [0.15, 0.2) is 18.2 Å². The Kier molecular flexibility index (Phi) is 4.70. The minimum atomic E-state index is -0.390. The van der Waals surface area contributed by atoms with Gasteiger partial charge in [-0.2, -0.15) is 0 Å². The summed E-state index contributed by atoms with van der Waals surface area (Å²) in [6, 6.07) is 6.27. The van der Waals surface area contributed by atoms with E-state index in [9.17, 15) is 4.79 Å². The molecule has 120 valence electrons. The Morgan fingerprint density at radius 2 is 2.09 bits per heavy atom. The molecule has 0 spiro atoms. The number of ether oxygens (including phenoxy) is 1. The van der Waals surface area contributed by atoms with Gasteiger partial charge < -0.3 is 9.64 Å². The van der Waals surface area contributed by atoms with E-state index in [0.29, 0.717) is 5.92 Å². The number of nitrogens with zero attached hydrogens (tertiary/aromatic N) is 1. The monoisotopic (exact) mass is 301 g/mol. The van der Waals surface area contributed by atoms with Gasteiger partial charge in [0.15, 0.2) is 6.10 Å². The molecule has 0 saturated carbocycles. The molecule has 0 radical (unpaired) electrons. The van der Waals surface area contributed by atoms with E-state index in [1.807, 2.05) is 17.9 Å². The normalized spacial score (nSPS) is 22.8. The molecule has 0 N–H and O–H groups in total. The van der Waals surface area contributed by atoms with Crippen LogP contribution < -0.4 is 4.74 Å². The Morgan fingerprint density at radius 1 is 1.27 bits per heavy atom. The van der Waals surface area contributed by atoms with Crippen LogP contribution in [0.4, 0.5) is 0 Å². The van der Waals surface area contributed by atoms with Crippen molar-refractivity contribution in [1.29, 1.82) is 0 Å². The van der Waals surface area contributed by atoms with Crippen LogP contribution in [0.5, 0.6) is 5.75 Å². The van der Waals surface area contributed by atoms with Crippen molar-refractivity contribution >= 4 is 5.91 Å². The van der Waals surface area contributed by atoms with E-state index in [0.717, 1.165) is 38.1 Å². The Bertz CT molecular complexity index is 540. The summed E-state index contributed by atoms with van der Waals surface area (Å²) in [7, 11) is 0. The van der Waals surface area contributed by atoms with Crippen LogP contribution in [-0.2, 0) is 17.6 Å². The number of hydrogen-bond donors (Lipinski definition) is 0. The lowest BCUT2D eigenvalue weighted by molar-refractivity contribution is -0.139. The summed E-state index contributed by atoms with van der Waals surface area (Å²) >= 11 is 0. The van der Waals surface area contributed by atoms with Gasteiger partial charge >= 0.3 is 0 Å². The Hall–Kier alpha value is -1.51. The first kappa shape index (κ1) is 15.4. The highest BCUT2D eigenvalue weighted by Gasteiger charge is 2.27. The molecule has 1 aromatic rings. The molecule has 3 nitrogen and oxygen atoms in total. The van der Waals surface area contributed by atoms with Crippen molar-refractivity contribution in [3.8, 4) is 5.75 Å². The molecule has 1 saturated heterocycles. The molecule has 3 rings (SSSR count). The summed E-state index contributed by atoms with van der Waals surface area (Å²) in [6.45, 7) is 5.87. The first-order chi connectivity index (χ1) is 10.6. The zero-order valence-electron chi connectivity index (χ0n) is 13.8. The van der Waals surface area contributed by atoms with Gasteiger partial charge in [-0.05, 0) is 68.6 Å². The highest BCUT2D eigenvalue weighted by Crippen LogP contribution is 2.30. The quantitative estimate of drug-likeness (QED) is 0.854. The van der Waals surface area contributed by atoms with Crippen molar-refractivity contribution < 1.29 is 9.53 Å². The van der Waals surface area contributed by atoms with Crippen molar-refractivity contribution in [3.63, 3.8) is 0 Å². The maximum atomic E-state index is 12.6. The maximum absolute atomic E-state index is 12.6. The summed E-state index contributed by atoms with van der Waals surface area (Å²) in [5, 5.41) is 0. The number of aryl methyl sites for hydroxylation is 1. The number of likely N-dealkylation sites (tertiary alicyclic amines) is 1. The van der Waals surface area contributed by atoms with Gasteiger partial charge in [0.2, 0.25) is 0 Å². The first-order valence-electron chi connectivity index (χ1n) is 8.71.